The van der Waals surface area contributed by atoms with Crippen molar-refractivity contribution in [1.29, 1.82) is 0 Å². The Morgan fingerprint density at radius 2 is 1.83 bits per heavy atom. The highest BCUT2D eigenvalue weighted by Crippen LogP contribution is 2.25. The van der Waals surface area contributed by atoms with Gasteiger partial charge in [0.05, 0.1) is 0 Å². The van der Waals surface area contributed by atoms with Gasteiger partial charge < -0.3 is 9.80 Å². The third-order valence-corrected chi connectivity index (χ3v) is 4.46. The number of aryl methyl sites for hydroxylation is 1. The molecule has 0 unspecified atom stereocenters. The summed E-state index contributed by atoms with van der Waals surface area (Å²) < 4.78 is 0. The van der Waals surface area contributed by atoms with E-state index >= 15 is 0 Å². The van der Waals surface area contributed by atoms with Gasteiger partial charge in [0.15, 0.2) is 0 Å². The van der Waals surface area contributed by atoms with E-state index in [4.69, 9.17) is 0 Å². The van der Waals surface area contributed by atoms with E-state index in [2.05, 4.69) is 29.2 Å². The van der Waals surface area contributed by atoms with Crippen molar-refractivity contribution in [2.24, 2.45) is 0 Å². The SMILES string of the molecule is Cc1cccc(C(=O)N(C)Cc2ccccc2N2CCCC2)c1. The van der Waals surface area contributed by atoms with E-state index in [-0.39, 0.29) is 5.91 Å². The van der Waals surface area contributed by atoms with Crippen LogP contribution in [-0.4, -0.2) is 30.9 Å². The highest BCUT2D eigenvalue weighted by molar-refractivity contribution is 5.94. The Labute approximate surface area is 138 Å². The second kappa shape index (κ2) is 6.86. The molecule has 2 aromatic carbocycles. The summed E-state index contributed by atoms with van der Waals surface area (Å²) in [5.74, 6) is 0.0740. The molecular weight excluding hydrogens is 284 g/mol. The normalized spacial score (nSPS) is 14.1. The van der Waals surface area contributed by atoms with Crippen molar-refractivity contribution in [2.75, 3.05) is 25.0 Å². The molecule has 1 amide bonds. The average Bonchev–Trinajstić information content (AvgIpc) is 3.09. The van der Waals surface area contributed by atoms with Gasteiger partial charge in [-0.05, 0) is 43.5 Å². The highest BCUT2D eigenvalue weighted by Gasteiger charge is 2.18. The zero-order valence-electron chi connectivity index (χ0n) is 14.0. The fourth-order valence-corrected chi connectivity index (χ4v) is 3.24. The largest absolute Gasteiger partial charge is 0.371 e. The number of nitrogens with zero attached hydrogens (tertiary/aromatic N) is 2. The van der Waals surface area contributed by atoms with Crippen LogP contribution in [0.5, 0.6) is 0 Å². The van der Waals surface area contributed by atoms with Crippen LogP contribution in [0.2, 0.25) is 0 Å². The smallest absolute Gasteiger partial charge is 0.253 e. The topological polar surface area (TPSA) is 23.6 Å². The second-order valence-electron chi connectivity index (χ2n) is 6.35. The molecule has 1 saturated heterocycles. The maximum absolute atomic E-state index is 12.6. The molecule has 0 saturated carbocycles. The van der Waals surface area contributed by atoms with Crippen LogP contribution in [0.15, 0.2) is 48.5 Å². The van der Waals surface area contributed by atoms with Crippen LogP contribution in [0.4, 0.5) is 5.69 Å². The zero-order valence-corrected chi connectivity index (χ0v) is 14.0. The molecule has 3 rings (SSSR count). The van der Waals surface area contributed by atoms with E-state index in [1.165, 1.54) is 24.1 Å². The molecule has 23 heavy (non-hydrogen) atoms. The molecule has 0 radical (unpaired) electrons. The van der Waals surface area contributed by atoms with Crippen LogP contribution in [0.3, 0.4) is 0 Å². The summed E-state index contributed by atoms with van der Waals surface area (Å²) in [5.41, 5.74) is 4.36. The number of hydrogen-bond donors (Lipinski definition) is 0. The third kappa shape index (κ3) is 3.55. The number of benzene rings is 2. The lowest BCUT2D eigenvalue weighted by Crippen LogP contribution is -2.28. The van der Waals surface area contributed by atoms with E-state index in [9.17, 15) is 4.79 Å². The molecule has 3 heteroatoms. The molecule has 2 aromatic rings. The minimum absolute atomic E-state index is 0.0740. The first kappa shape index (κ1) is 15.6. The molecule has 1 fully saturated rings. The first-order chi connectivity index (χ1) is 11.1. The van der Waals surface area contributed by atoms with E-state index in [0.717, 1.165) is 24.2 Å². The molecule has 0 N–H and O–H groups in total. The molecular formula is C20H24N2O. The maximum atomic E-state index is 12.6. The number of carbonyl (C=O) groups is 1. The second-order valence-corrected chi connectivity index (χ2v) is 6.35. The maximum Gasteiger partial charge on any atom is 0.253 e. The molecule has 3 nitrogen and oxygen atoms in total. The van der Waals surface area contributed by atoms with Crippen molar-refractivity contribution in [3.05, 3.63) is 65.2 Å². The minimum Gasteiger partial charge on any atom is -0.371 e. The molecule has 120 valence electrons. The first-order valence-electron chi connectivity index (χ1n) is 8.30. The number of anilines is 1. The number of hydrogen-bond acceptors (Lipinski definition) is 2. The molecule has 0 spiro atoms. The molecule has 0 bridgehead atoms. The Bertz CT molecular complexity index is 690. The Balaban J connectivity index is 1.77. The van der Waals surface area contributed by atoms with Gasteiger partial charge in [0.2, 0.25) is 0 Å². The van der Waals surface area contributed by atoms with Crippen molar-refractivity contribution in [2.45, 2.75) is 26.3 Å². The molecule has 1 aliphatic rings. The minimum atomic E-state index is 0.0740. The lowest BCUT2D eigenvalue weighted by molar-refractivity contribution is 0.0785. The van der Waals surface area contributed by atoms with Gasteiger partial charge in [-0.2, -0.15) is 0 Å². The number of rotatable bonds is 4. The van der Waals surface area contributed by atoms with Crippen LogP contribution in [0.25, 0.3) is 0 Å². The third-order valence-electron chi connectivity index (χ3n) is 4.46. The lowest BCUT2D eigenvalue weighted by atomic mass is 10.1. The summed E-state index contributed by atoms with van der Waals surface area (Å²) in [7, 11) is 1.88. The standard InChI is InChI=1S/C20H24N2O/c1-16-8-7-10-17(14-16)20(23)21(2)15-18-9-3-4-11-19(18)22-12-5-6-13-22/h3-4,7-11,14H,5-6,12-13,15H2,1-2H3. The van der Waals surface area contributed by atoms with Gasteiger partial charge in [-0.15, -0.1) is 0 Å². The Morgan fingerprint density at radius 1 is 1.09 bits per heavy atom. The Morgan fingerprint density at radius 3 is 2.57 bits per heavy atom. The molecule has 1 aliphatic heterocycles. The summed E-state index contributed by atoms with van der Waals surface area (Å²) in [6.45, 7) is 4.89. The highest BCUT2D eigenvalue weighted by atomic mass is 16.2. The Kier molecular flexibility index (Phi) is 4.65. The number of para-hydroxylation sites is 1. The monoisotopic (exact) mass is 308 g/mol. The first-order valence-corrected chi connectivity index (χ1v) is 8.30. The van der Waals surface area contributed by atoms with Crippen LogP contribution in [0.1, 0.15) is 34.3 Å². The van der Waals surface area contributed by atoms with Crippen molar-refractivity contribution >= 4 is 11.6 Å². The summed E-state index contributed by atoms with van der Waals surface area (Å²) in [4.78, 5) is 16.9. The fraction of sp³-hybridized carbons (Fsp3) is 0.350. The zero-order chi connectivity index (χ0) is 16.2. The summed E-state index contributed by atoms with van der Waals surface area (Å²) in [5, 5.41) is 0. The Hall–Kier alpha value is -2.29. The fourth-order valence-electron chi connectivity index (χ4n) is 3.24. The van der Waals surface area contributed by atoms with Gasteiger partial charge in [0, 0.05) is 37.9 Å². The predicted octanol–water partition coefficient (Wildman–Crippen LogP) is 3.87. The van der Waals surface area contributed by atoms with Crippen LogP contribution in [-0.2, 0) is 6.54 Å². The molecule has 0 aromatic heterocycles. The number of amides is 1. The van der Waals surface area contributed by atoms with Crippen LogP contribution >= 0.6 is 0 Å². The summed E-state index contributed by atoms with van der Waals surface area (Å²) in [6, 6.07) is 16.2. The quantitative estimate of drug-likeness (QED) is 0.856. The predicted molar refractivity (Wildman–Crippen MR) is 94.9 cm³/mol. The van der Waals surface area contributed by atoms with Crippen molar-refractivity contribution < 1.29 is 4.79 Å². The van der Waals surface area contributed by atoms with Crippen molar-refractivity contribution in [3.8, 4) is 0 Å². The molecule has 0 aliphatic carbocycles. The van der Waals surface area contributed by atoms with E-state index in [1.807, 2.05) is 43.1 Å². The van der Waals surface area contributed by atoms with Gasteiger partial charge in [0.1, 0.15) is 0 Å². The number of carbonyl (C=O) groups excluding carboxylic acids is 1. The van der Waals surface area contributed by atoms with E-state index in [1.54, 1.807) is 0 Å². The van der Waals surface area contributed by atoms with Crippen molar-refractivity contribution in [1.82, 2.24) is 4.90 Å². The molecule has 1 heterocycles. The summed E-state index contributed by atoms with van der Waals surface area (Å²) >= 11 is 0. The van der Waals surface area contributed by atoms with Crippen molar-refractivity contribution in [3.63, 3.8) is 0 Å². The average molecular weight is 308 g/mol. The van der Waals surface area contributed by atoms with Gasteiger partial charge in [0.25, 0.3) is 5.91 Å². The van der Waals surface area contributed by atoms with Gasteiger partial charge >= 0.3 is 0 Å². The summed E-state index contributed by atoms with van der Waals surface area (Å²) in [6.07, 6.45) is 2.51. The van der Waals surface area contributed by atoms with Gasteiger partial charge in [-0.25, -0.2) is 0 Å². The molecule has 0 atom stereocenters. The van der Waals surface area contributed by atoms with Crippen LogP contribution < -0.4 is 4.90 Å². The van der Waals surface area contributed by atoms with Crippen LogP contribution in [0, 0.1) is 6.92 Å². The van der Waals surface area contributed by atoms with E-state index in [0.29, 0.717) is 6.54 Å². The van der Waals surface area contributed by atoms with E-state index < -0.39 is 0 Å². The lowest BCUT2D eigenvalue weighted by Gasteiger charge is -2.24. The van der Waals surface area contributed by atoms with Gasteiger partial charge in [-0.1, -0.05) is 35.9 Å². The van der Waals surface area contributed by atoms with Gasteiger partial charge in [-0.3, -0.25) is 4.79 Å².